The van der Waals surface area contributed by atoms with E-state index < -0.39 is 0 Å². The van der Waals surface area contributed by atoms with Crippen molar-refractivity contribution in [3.63, 3.8) is 0 Å². The van der Waals surface area contributed by atoms with Crippen LogP contribution < -0.4 is 4.90 Å². The highest BCUT2D eigenvalue weighted by Crippen LogP contribution is 2.51. The van der Waals surface area contributed by atoms with Gasteiger partial charge in [-0.05, 0) is 123 Å². The third kappa shape index (κ3) is 4.66. The number of benzene rings is 9. The Balaban J connectivity index is 0.935. The van der Waals surface area contributed by atoms with Gasteiger partial charge in [-0.2, -0.15) is 0 Å². The van der Waals surface area contributed by atoms with Gasteiger partial charge in [0.1, 0.15) is 11.2 Å². The molecule has 13 rings (SSSR count). The van der Waals surface area contributed by atoms with Crippen LogP contribution in [0.1, 0.15) is 25.0 Å². The van der Waals surface area contributed by atoms with Crippen LogP contribution in [0.25, 0.3) is 93.4 Å². The van der Waals surface area contributed by atoms with Gasteiger partial charge in [0.05, 0.1) is 16.6 Å². The third-order valence-corrected chi connectivity index (χ3v) is 13.3. The lowest BCUT2D eigenvalue weighted by molar-refractivity contribution is 0.660. The topological polar surface area (TPSA) is 20.8 Å². The lowest BCUT2D eigenvalue weighted by atomic mass is 9.82. The number of rotatable bonds is 5. The predicted molar refractivity (Wildman–Crippen MR) is 251 cm³/mol. The van der Waals surface area contributed by atoms with E-state index in [9.17, 15) is 0 Å². The minimum absolute atomic E-state index is 0.113. The highest BCUT2D eigenvalue weighted by molar-refractivity contribution is 6.24. The molecule has 1 aliphatic carbocycles. The summed E-state index contributed by atoms with van der Waals surface area (Å²) < 4.78 is 8.71. The standard InChI is InChI=1S/C57H38N2O/c1-57(2)50-15-7-3-11-42(50)43-30-28-41(34-51(43)57)58(39-24-19-35(20-25-39)37-23-29-47-46-14-6-10-18-54(46)60-55(47)33-37)40-26-21-36(22-27-40)38-31-48-44-12-4-8-16-52(44)59-53-17-9-5-13-45(53)49(32-38)56(48)59/h3-34H,1-2H3. The van der Waals surface area contributed by atoms with Crippen LogP contribution in [0.3, 0.4) is 0 Å². The van der Waals surface area contributed by atoms with E-state index in [1.807, 2.05) is 12.1 Å². The third-order valence-electron chi connectivity index (χ3n) is 13.3. The van der Waals surface area contributed by atoms with Gasteiger partial charge in [-0.25, -0.2) is 0 Å². The van der Waals surface area contributed by atoms with E-state index >= 15 is 0 Å². The molecule has 9 aromatic carbocycles. The zero-order chi connectivity index (χ0) is 39.7. The van der Waals surface area contributed by atoms with Crippen LogP contribution in [-0.4, -0.2) is 4.40 Å². The fourth-order valence-corrected chi connectivity index (χ4v) is 10.4. The van der Waals surface area contributed by atoms with Gasteiger partial charge in [0.25, 0.3) is 0 Å². The van der Waals surface area contributed by atoms with Crippen molar-refractivity contribution in [1.29, 1.82) is 0 Å². The summed E-state index contributed by atoms with van der Waals surface area (Å²) in [5, 5.41) is 7.45. The molecule has 0 amide bonds. The van der Waals surface area contributed by atoms with Crippen molar-refractivity contribution in [1.82, 2.24) is 4.40 Å². The van der Waals surface area contributed by atoms with Crippen LogP contribution in [0.15, 0.2) is 199 Å². The number of nitrogens with zero attached hydrogens (tertiary/aromatic N) is 2. The molecule has 0 aliphatic heterocycles. The molecule has 0 spiro atoms. The Hall–Kier alpha value is -7.62. The molecular formula is C57H38N2O. The molecule has 1 aliphatic rings. The summed E-state index contributed by atoms with van der Waals surface area (Å²) in [7, 11) is 0. The first-order valence-corrected chi connectivity index (χ1v) is 20.8. The highest BCUT2D eigenvalue weighted by atomic mass is 16.3. The molecular weight excluding hydrogens is 729 g/mol. The predicted octanol–water partition coefficient (Wildman–Crippen LogP) is 15.8. The number of fused-ring (bicyclic) bond motifs is 12. The van der Waals surface area contributed by atoms with Gasteiger partial charge in [0, 0.05) is 54.8 Å². The first kappa shape index (κ1) is 33.4. The minimum Gasteiger partial charge on any atom is -0.456 e. The van der Waals surface area contributed by atoms with Crippen LogP contribution in [0.5, 0.6) is 0 Å². The SMILES string of the molecule is CC1(C)c2ccccc2-c2ccc(N(c3ccc(-c4ccc5c(c4)oc4ccccc45)cc3)c3ccc(-c4cc5c6ccccc6n6c7ccccc7c(c4)c56)cc3)cc21. The first-order valence-electron chi connectivity index (χ1n) is 20.8. The summed E-state index contributed by atoms with van der Waals surface area (Å²) in [6.45, 7) is 4.71. The van der Waals surface area contributed by atoms with Gasteiger partial charge in [0.2, 0.25) is 0 Å². The Morgan fingerprint density at radius 1 is 0.383 bits per heavy atom. The molecule has 282 valence electrons. The van der Waals surface area contributed by atoms with E-state index in [1.54, 1.807) is 0 Å². The molecule has 3 nitrogen and oxygen atoms in total. The Morgan fingerprint density at radius 3 is 1.62 bits per heavy atom. The van der Waals surface area contributed by atoms with E-state index in [2.05, 4.69) is 205 Å². The summed E-state index contributed by atoms with van der Waals surface area (Å²) in [5.74, 6) is 0. The number of anilines is 3. The van der Waals surface area contributed by atoms with Gasteiger partial charge in [-0.3, -0.25) is 0 Å². The Morgan fingerprint density at radius 2 is 0.917 bits per heavy atom. The molecule has 0 N–H and O–H groups in total. The molecule has 0 fully saturated rings. The van der Waals surface area contributed by atoms with Crippen LogP contribution in [0, 0.1) is 0 Å². The quantitative estimate of drug-likeness (QED) is 0.174. The van der Waals surface area contributed by atoms with Crippen molar-refractivity contribution in [3.05, 3.63) is 205 Å². The molecule has 3 heterocycles. The van der Waals surface area contributed by atoms with Crippen molar-refractivity contribution in [2.75, 3.05) is 4.90 Å². The van der Waals surface area contributed by atoms with Crippen LogP contribution in [-0.2, 0) is 5.41 Å². The Kier molecular flexibility index (Phi) is 6.78. The van der Waals surface area contributed by atoms with Crippen LogP contribution >= 0.6 is 0 Å². The van der Waals surface area contributed by atoms with Crippen molar-refractivity contribution in [2.45, 2.75) is 19.3 Å². The largest absolute Gasteiger partial charge is 0.456 e. The van der Waals surface area contributed by atoms with E-state index in [4.69, 9.17) is 4.42 Å². The zero-order valence-corrected chi connectivity index (χ0v) is 33.3. The number of aromatic nitrogens is 1. The van der Waals surface area contributed by atoms with Gasteiger partial charge in [-0.1, -0.05) is 129 Å². The molecule has 0 unspecified atom stereocenters. The fourth-order valence-electron chi connectivity index (χ4n) is 10.4. The lowest BCUT2D eigenvalue weighted by Gasteiger charge is -2.28. The second-order valence-corrected chi connectivity index (χ2v) is 16.9. The highest BCUT2D eigenvalue weighted by Gasteiger charge is 2.35. The van der Waals surface area contributed by atoms with E-state index in [0.717, 1.165) is 50.1 Å². The molecule has 12 aromatic rings. The van der Waals surface area contributed by atoms with Gasteiger partial charge < -0.3 is 13.7 Å². The molecule has 3 heteroatoms. The maximum atomic E-state index is 6.27. The molecule has 0 saturated heterocycles. The maximum Gasteiger partial charge on any atom is 0.136 e. The molecule has 0 atom stereocenters. The zero-order valence-electron chi connectivity index (χ0n) is 33.3. The summed E-state index contributed by atoms with van der Waals surface area (Å²) in [5.41, 5.74) is 18.9. The second kappa shape index (κ2) is 12.2. The molecule has 3 aromatic heterocycles. The molecule has 0 bridgehead atoms. The number of hydrogen-bond donors (Lipinski definition) is 0. The summed E-state index contributed by atoms with van der Waals surface area (Å²) in [4.78, 5) is 2.40. The monoisotopic (exact) mass is 766 g/mol. The first-order chi connectivity index (χ1) is 29.5. The van der Waals surface area contributed by atoms with E-state index in [0.29, 0.717) is 0 Å². The van der Waals surface area contributed by atoms with Gasteiger partial charge in [-0.15, -0.1) is 0 Å². The summed E-state index contributed by atoms with van der Waals surface area (Å²) >= 11 is 0. The Bertz CT molecular complexity index is 3590. The van der Waals surface area contributed by atoms with Crippen molar-refractivity contribution < 1.29 is 4.42 Å². The van der Waals surface area contributed by atoms with Crippen LogP contribution in [0.4, 0.5) is 17.1 Å². The van der Waals surface area contributed by atoms with Crippen molar-refractivity contribution >= 4 is 77.1 Å². The van der Waals surface area contributed by atoms with Crippen molar-refractivity contribution in [2.24, 2.45) is 0 Å². The number of para-hydroxylation sites is 3. The Labute approximate surface area is 347 Å². The average molecular weight is 767 g/mol. The number of hydrogen-bond acceptors (Lipinski definition) is 2. The average Bonchev–Trinajstić information content (AvgIpc) is 4.01. The smallest absolute Gasteiger partial charge is 0.136 e. The van der Waals surface area contributed by atoms with Gasteiger partial charge >= 0.3 is 0 Å². The fraction of sp³-hybridized carbons (Fsp3) is 0.0526. The molecule has 0 saturated carbocycles. The van der Waals surface area contributed by atoms with E-state index in [-0.39, 0.29) is 5.41 Å². The maximum absolute atomic E-state index is 6.27. The van der Waals surface area contributed by atoms with Gasteiger partial charge in [0.15, 0.2) is 0 Å². The summed E-state index contributed by atoms with van der Waals surface area (Å²) in [6, 6.07) is 71.2. The van der Waals surface area contributed by atoms with E-state index in [1.165, 1.54) is 71.5 Å². The lowest BCUT2D eigenvalue weighted by Crippen LogP contribution is -2.16. The van der Waals surface area contributed by atoms with Crippen molar-refractivity contribution in [3.8, 4) is 33.4 Å². The molecule has 60 heavy (non-hydrogen) atoms. The number of furan rings is 1. The minimum atomic E-state index is -0.113. The summed E-state index contributed by atoms with van der Waals surface area (Å²) in [6.07, 6.45) is 0. The second-order valence-electron chi connectivity index (χ2n) is 16.9. The van der Waals surface area contributed by atoms with Crippen LogP contribution in [0.2, 0.25) is 0 Å². The molecule has 0 radical (unpaired) electrons. The normalized spacial score (nSPS) is 13.3.